The lowest BCUT2D eigenvalue weighted by atomic mass is 9.90. The molecule has 2 nitrogen and oxygen atoms in total. The average Bonchev–Trinajstić information content (AvgIpc) is 2.75. The van der Waals surface area contributed by atoms with Crippen LogP contribution in [0, 0.1) is 5.92 Å². The number of hydrogen-bond acceptors (Lipinski definition) is 3. The van der Waals surface area contributed by atoms with Crippen molar-refractivity contribution in [3.8, 4) is 0 Å². The molecule has 2 heterocycles. The Labute approximate surface area is 113 Å². The molecule has 0 amide bonds. The maximum atomic E-state index is 6.01. The second kappa shape index (κ2) is 5.70. The van der Waals surface area contributed by atoms with Crippen LogP contribution in [0.25, 0.3) is 0 Å². The third kappa shape index (κ3) is 3.02. The average molecular weight is 273 g/mol. The van der Waals surface area contributed by atoms with Crippen molar-refractivity contribution in [2.75, 3.05) is 13.1 Å². The number of halogens is 1. The van der Waals surface area contributed by atoms with E-state index in [-0.39, 0.29) is 0 Å². The summed E-state index contributed by atoms with van der Waals surface area (Å²) in [6, 6.07) is 3.04. The van der Waals surface area contributed by atoms with Crippen molar-refractivity contribution >= 4 is 22.9 Å². The highest BCUT2D eigenvalue weighted by Gasteiger charge is 2.29. The number of nitrogens with two attached hydrogens (primary N) is 1. The summed E-state index contributed by atoms with van der Waals surface area (Å²) in [6.45, 7) is 6.49. The molecule has 17 heavy (non-hydrogen) atoms. The second-order valence-electron chi connectivity index (χ2n) is 5.12. The smallest absolute Gasteiger partial charge is 0.0931 e. The number of nitrogens with zero attached hydrogens (tertiary/aromatic N) is 1. The molecule has 1 aromatic rings. The molecule has 1 aromatic heterocycles. The van der Waals surface area contributed by atoms with E-state index in [1.165, 1.54) is 18.4 Å². The minimum Gasteiger partial charge on any atom is -0.329 e. The highest BCUT2D eigenvalue weighted by molar-refractivity contribution is 7.14. The first kappa shape index (κ1) is 13.3. The number of piperidine rings is 1. The van der Waals surface area contributed by atoms with Crippen LogP contribution < -0.4 is 5.73 Å². The zero-order chi connectivity index (χ0) is 12.4. The Morgan fingerprint density at radius 1 is 1.65 bits per heavy atom. The zero-order valence-corrected chi connectivity index (χ0v) is 12.1. The van der Waals surface area contributed by atoms with E-state index in [0.29, 0.717) is 12.1 Å². The van der Waals surface area contributed by atoms with Gasteiger partial charge in [-0.3, -0.25) is 4.90 Å². The molecule has 3 unspecified atom stereocenters. The topological polar surface area (TPSA) is 29.3 Å². The van der Waals surface area contributed by atoms with E-state index in [0.717, 1.165) is 23.3 Å². The van der Waals surface area contributed by atoms with Crippen LogP contribution in [0.15, 0.2) is 11.4 Å². The summed E-state index contributed by atoms with van der Waals surface area (Å²) in [4.78, 5) is 2.54. The van der Waals surface area contributed by atoms with E-state index < -0.39 is 0 Å². The second-order valence-corrected chi connectivity index (χ2v) is 6.66. The Hall–Kier alpha value is -0.0900. The fourth-order valence-corrected chi connectivity index (χ4v) is 3.72. The van der Waals surface area contributed by atoms with E-state index in [2.05, 4.69) is 30.2 Å². The number of likely N-dealkylation sites (tertiary alicyclic amines) is 1. The van der Waals surface area contributed by atoms with Gasteiger partial charge < -0.3 is 5.73 Å². The van der Waals surface area contributed by atoms with Crippen LogP contribution >= 0.6 is 22.9 Å². The molecule has 1 fully saturated rings. The predicted octanol–water partition coefficient (Wildman–Crippen LogP) is 3.52. The van der Waals surface area contributed by atoms with Crippen LogP contribution in [-0.2, 0) is 0 Å². The highest BCUT2D eigenvalue weighted by atomic mass is 35.5. The molecule has 0 aliphatic carbocycles. The Balaban J connectivity index is 2.09. The fraction of sp³-hybridized carbons (Fsp3) is 0.692. The van der Waals surface area contributed by atoms with Gasteiger partial charge in [0.15, 0.2) is 0 Å². The van der Waals surface area contributed by atoms with Crippen LogP contribution in [0.5, 0.6) is 0 Å². The first-order valence-electron chi connectivity index (χ1n) is 6.31. The van der Waals surface area contributed by atoms with Gasteiger partial charge in [-0.05, 0) is 49.2 Å². The van der Waals surface area contributed by atoms with Gasteiger partial charge in [-0.25, -0.2) is 0 Å². The van der Waals surface area contributed by atoms with Crippen LogP contribution in [0.4, 0.5) is 0 Å². The molecule has 0 bridgehead atoms. The van der Waals surface area contributed by atoms with E-state index in [1.54, 1.807) is 11.3 Å². The summed E-state index contributed by atoms with van der Waals surface area (Å²) in [7, 11) is 0. The molecule has 2 N–H and O–H groups in total. The Bertz CT molecular complexity index is 366. The van der Waals surface area contributed by atoms with Crippen LogP contribution in [0.2, 0.25) is 4.34 Å². The maximum Gasteiger partial charge on any atom is 0.0931 e. The van der Waals surface area contributed by atoms with Crippen molar-refractivity contribution in [1.29, 1.82) is 0 Å². The van der Waals surface area contributed by atoms with Gasteiger partial charge in [0.05, 0.1) is 4.34 Å². The van der Waals surface area contributed by atoms with E-state index in [1.807, 2.05) is 0 Å². The summed E-state index contributed by atoms with van der Waals surface area (Å²) in [5.74, 6) is 0.804. The maximum absolute atomic E-state index is 6.01. The van der Waals surface area contributed by atoms with Crippen molar-refractivity contribution < 1.29 is 0 Å². The van der Waals surface area contributed by atoms with E-state index in [4.69, 9.17) is 17.3 Å². The SMILES string of the molecule is CC1CCN(C(C)c2csc(Cl)c2)C(CN)C1. The molecule has 1 saturated heterocycles. The molecule has 3 atom stereocenters. The summed E-state index contributed by atoms with van der Waals surface area (Å²) >= 11 is 7.63. The van der Waals surface area contributed by atoms with Gasteiger partial charge in [0.2, 0.25) is 0 Å². The third-order valence-corrected chi connectivity index (χ3v) is 4.97. The third-order valence-electron chi connectivity index (χ3n) is 3.86. The van der Waals surface area contributed by atoms with E-state index in [9.17, 15) is 0 Å². The molecule has 0 radical (unpaired) electrons. The first-order chi connectivity index (χ1) is 8.11. The quantitative estimate of drug-likeness (QED) is 0.912. The summed E-state index contributed by atoms with van der Waals surface area (Å²) < 4.78 is 0.876. The standard InChI is InChI=1S/C13H21ClN2S/c1-9-3-4-16(12(5-9)7-15)10(2)11-6-13(14)17-8-11/h6,8-10,12H,3-5,7,15H2,1-2H3. The van der Waals surface area contributed by atoms with Crippen molar-refractivity contribution in [1.82, 2.24) is 4.90 Å². The Morgan fingerprint density at radius 2 is 2.41 bits per heavy atom. The van der Waals surface area contributed by atoms with Crippen molar-refractivity contribution in [3.63, 3.8) is 0 Å². The lowest BCUT2D eigenvalue weighted by Gasteiger charge is -2.41. The van der Waals surface area contributed by atoms with Gasteiger partial charge in [0, 0.05) is 18.6 Å². The lowest BCUT2D eigenvalue weighted by molar-refractivity contribution is 0.0836. The van der Waals surface area contributed by atoms with Gasteiger partial charge in [0.25, 0.3) is 0 Å². The fourth-order valence-electron chi connectivity index (χ4n) is 2.75. The lowest BCUT2D eigenvalue weighted by Crippen LogP contribution is -2.47. The van der Waals surface area contributed by atoms with Gasteiger partial charge in [-0.15, -0.1) is 11.3 Å². The predicted molar refractivity (Wildman–Crippen MR) is 75.7 cm³/mol. The highest BCUT2D eigenvalue weighted by Crippen LogP contribution is 2.33. The minimum absolute atomic E-state index is 0.430. The Morgan fingerprint density at radius 3 is 3.00 bits per heavy atom. The van der Waals surface area contributed by atoms with Crippen molar-refractivity contribution in [2.24, 2.45) is 11.7 Å². The van der Waals surface area contributed by atoms with Crippen molar-refractivity contribution in [3.05, 3.63) is 21.3 Å². The van der Waals surface area contributed by atoms with Gasteiger partial charge in [-0.1, -0.05) is 18.5 Å². The normalized spacial score (nSPS) is 28.2. The van der Waals surface area contributed by atoms with Crippen LogP contribution in [0.3, 0.4) is 0 Å². The molecule has 4 heteroatoms. The molecule has 0 saturated carbocycles. The monoisotopic (exact) mass is 272 g/mol. The molecule has 1 aliphatic rings. The first-order valence-corrected chi connectivity index (χ1v) is 7.57. The van der Waals surface area contributed by atoms with E-state index >= 15 is 0 Å². The summed E-state index contributed by atoms with van der Waals surface area (Å²) in [6.07, 6.45) is 2.50. The zero-order valence-electron chi connectivity index (χ0n) is 10.5. The molecule has 96 valence electrons. The van der Waals surface area contributed by atoms with Crippen LogP contribution in [-0.4, -0.2) is 24.0 Å². The minimum atomic E-state index is 0.430. The summed E-state index contributed by atoms with van der Waals surface area (Å²) in [5.41, 5.74) is 7.24. The summed E-state index contributed by atoms with van der Waals surface area (Å²) in [5, 5.41) is 2.17. The molecule has 0 spiro atoms. The van der Waals surface area contributed by atoms with Gasteiger partial charge in [-0.2, -0.15) is 0 Å². The largest absolute Gasteiger partial charge is 0.329 e. The molecule has 1 aliphatic heterocycles. The Kier molecular flexibility index (Phi) is 4.47. The molecule has 0 aromatic carbocycles. The number of rotatable bonds is 3. The molecular formula is C13H21ClN2S. The number of hydrogen-bond donors (Lipinski definition) is 1. The van der Waals surface area contributed by atoms with Crippen molar-refractivity contribution in [2.45, 2.75) is 38.8 Å². The molecule has 2 rings (SSSR count). The van der Waals surface area contributed by atoms with Crippen LogP contribution in [0.1, 0.15) is 38.3 Å². The molecular weight excluding hydrogens is 252 g/mol. The van der Waals surface area contributed by atoms with Gasteiger partial charge >= 0.3 is 0 Å². The number of thiophene rings is 1. The van der Waals surface area contributed by atoms with Gasteiger partial charge in [0.1, 0.15) is 0 Å².